The van der Waals surface area contributed by atoms with Crippen LogP contribution in [0, 0.1) is 5.92 Å². The molecule has 2 fully saturated rings. The quantitative estimate of drug-likeness (QED) is 0.110. The fourth-order valence-electron chi connectivity index (χ4n) is 8.33. The molecule has 0 saturated carbocycles. The summed E-state index contributed by atoms with van der Waals surface area (Å²) in [6.45, 7) is 8.97. The van der Waals surface area contributed by atoms with Gasteiger partial charge in [0.1, 0.15) is 36.1 Å². The lowest BCUT2D eigenvalue weighted by atomic mass is 10.0. The number of imidazole rings is 2. The number of nitrogens with zero attached hydrogens (tertiary/aromatic N) is 5. The highest BCUT2D eigenvalue weighted by atomic mass is 19.1. The number of carbonyl (C=O) groups is 3. The Morgan fingerprint density at radius 1 is 0.746 bits per heavy atom. The summed E-state index contributed by atoms with van der Waals surface area (Å²) in [5.41, 5.74) is 6.15. The standard InChI is InChI=1S/C45H52F2N8O4/c1-6-53(7-2)40(32-11-9-8-10-12-32)44(57)55-26-34(47)22-38(55)42-49-24-36(51-42)31-19-15-29(16-20-31)28-13-17-30(18-14-28)35-23-48-41(50-35)37-21-33(46)25-54(37)43(56)39(27(3)4)52-45(58)59-5/h8-20,23-24,27,33-34,37-40H,6-7,21-22,25-26H2,1-5H3,(H,48,50)(H,49,51)(H,52,58)/t33-,34-,37-,38-,39-,40+/m0/s1. The van der Waals surface area contributed by atoms with Gasteiger partial charge in [-0.3, -0.25) is 14.5 Å². The molecule has 3 aromatic carbocycles. The maximum Gasteiger partial charge on any atom is 0.407 e. The first-order chi connectivity index (χ1) is 28.5. The number of rotatable bonds is 13. The fraction of sp³-hybridized carbons (Fsp3) is 0.400. The third-order valence-electron chi connectivity index (χ3n) is 11.5. The van der Waals surface area contributed by atoms with Crippen molar-refractivity contribution in [3.05, 3.63) is 108 Å². The number of nitrogens with one attached hydrogen (secondary N) is 3. The lowest BCUT2D eigenvalue weighted by molar-refractivity contribution is -0.138. The first-order valence-electron chi connectivity index (χ1n) is 20.3. The van der Waals surface area contributed by atoms with Crippen LogP contribution in [0.1, 0.15) is 75.9 Å². The molecule has 310 valence electrons. The largest absolute Gasteiger partial charge is 0.453 e. The topological polar surface area (TPSA) is 140 Å². The number of carbonyl (C=O) groups excluding carboxylic acids is 3. The van der Waals surface area contributed by atoms with Crippen molar-refractivity contribution in [3.8, 4) is 33.6 Å². The summed E-state index contributed by atoms with van der Waals surface area (Å²) in [6, 6.07) is 23.2. The zero-order valence-electron chi connectivity index (χ0n) is 34.1. The molecule has 59 heavy (non-hydrogen) atoms. The van der Waals surface area contributed by atoms with Crippen LogP contribution in [0.3, 0.4) is 0 Å². The van der Waals surface area contributed by atoms with Gasteiger partial charge in [0.05, 0.1) is 56.1 Å². The van der Waals surface area contributed by atoms with Crippen molar-refractivity contribution in [2.24, 2.45) is 5.92 Å². The van der Waals surface area contributed by atoms with Gasteiger partial charge in [-0.25, -0.2) is 23.5 Å². The zero-order valence-corrected chi connectivity index (χ0v) is 34.1. The number of likely N-dealkylation sites (tertiary alicyclic amines) is 2. The SMILES string of the molecule is CCN(CC)[C@@H](C(=O)N1C[C@@H](F)C[C@H]1c1ncc(-c2ccc(-c3ccc(-c4cnc([C@@H]5C[C@H](F)CN5C(=O)[C@@H](NC(=O)OC)C(C)C)[nH]4)cc3)cc2)[nH]1)c1ccccc1. The highest BCUT2D eigenvalue weighted by Gasteiger charge is 2.43. The summed E-state index contributed by atoms with van der Waals surface area (Å²) in [7, 11) is 1.23. The van der Waals surface area contributed by atoms with Crippen LogP contribution in [0.4, 0.5) is 13.6 Å². The molecular formula is C45H52F2N8O4. The Bertz CT molecular complexity index is 2210. The zero-order chi connectivity index (χ0) is 41.8. The first kappa shape index (κ1) is 41.3. The number of likely N-dealkylation sites (N-methyl/N-ethyl adjacent to an activating group) is 1. The van der Waals surface area contributed by atoms with E-state index in [1.54, 1.807) is 17.3 Å². The van der Waals surface area contributed by atoms with Gasteiger partial charge in [-0.2, -0.15) is 0 Å². The van der Waals surface area contributed by atoms with Gasteiger partial charge in [-0.15, -0.1) is 0 Å². The number of hydrogen-bond donors (Lipinski definition) is 3. The molecule has 2 aromatic heterocycles. The third kappa shape index (κ3) is 8.78. The lowest BCUT2D eigenvalue weighted by Gasteiger charge is -2.34. The van der Waals surface area contributed by atoms with Crippen LogP contribution in [-0.2, 0) is 14.3 Å². The van der Waals surface area contributed by atoms with Gasteiger partial charge in [0, 0.05) is 12.8 Å². The predicted molar refractivity (Wildman–Crippen MR) is 221 cm³/mol. The van der Waals surface area contributed by atoms with Crippen molar-refractivity contribution >= 4 is 17.9 Å². The number of amides is 3. The van der Waals surface area contributed by atoms with Crippen LogP contribution in [0.25, 0.3) is 33.6 Å². The summed E-state index contributed by atoms with van der Waals surface area (Å²) in [5.74, 6) is 0.287. The molecule has 0 aliphatic carbocycles. The number of alkyl halides is 2. The number of H-pyrrole nitrogens is 2. The summed E-state index contributed by atoms with van der Waals surface area (Å²) in [4.78, 5) is 60.8. The Morgan fingerprint density at radius 2 is 1.20 bits per heavy atom. The van der Waals surface area contributed by atoms with E-state index in [0.29, 0.717) is 24.7 Å². The average Bonchev–Trinajstić information content (AvgIpc) is 4.08. The first-order valence-corrected chi connectivity index (χ1v) is 20.3. The average molecular weight is 807 g/mol. The number of benzene rings is 3. The van der Waals surface area contributed by atoms with Crippen LogP contribution in [-0.4, -0.2) is 104 Å². The normalized spacial score (nSPS) is 20.3. The van der Waals surface area contributed by atoms with Gasteiger partial charge < -0.3 is 29.8 Å². The third-order valence-corrected chi connectivity index (χ3v) is 11.5. The van der Waals surface area contributed by atoms with E-state index in [4.69, 9.17) is 4.74 Å². The van der Waals surface area contributed by atoms with Gasteiger partial charge >= 0.3 is 6.09 Å². The monoisotopic (exact) mass is 806 g/mol. The van der Waals surface area contributed by atoms with Gasteiger partial charge in [-0.05, 0) is 46.8 Å². The molecule has 7 rings (SSSR count). The van der Waals surface area contributed by atoms with Crippen molar-refractivity contribution in [3.63, 3.8) is 0 Å². The van der Waals surface area contributed by atoms with E-state index in [1.807, 2.05) is 107 Å². The second-order valence-corrected chi connectivity index (χ2v) is 15.6. The van der Waals surface area contributed by atoms with E-state index < -0.39 is 42.6 Å². The number of halogens is 2. The minimum atomic E-state index is -1.22. The smallest absolute Gasteiger partial charge is 0.407 e. The molecule has 0 bridgehead atoms. The summed E-state index contributed by atoms with van der Waals surface area (Å²) < 4.78 is 34.6. The van der Waals surface area contributed by atoms with Crippen LogP contribution in [0.15, 0.2) is 91.3 Å². The van der Waals surface area contributed by atoms with Crippen molar-refractivity contribution < 1.29 is 27.9 Å². The van der Waals surface area contributed by atoms with Gasteiger partial charge in [0.25, 0.3) is 0 Å². The molecule has 3 amide bonds. The van der Waals surface area contributed by atoms with E-state index in [-0.39, 0.29) is 43.7 Å². The number of aromatic nitrogens is 4. The van der Waals surface area contributed by atoms with Gasteiger partial charge in [-0.1, -0.05) is 107 Å². The molecule has 12 nitrogen and oxygen atoms in total. The van der Waals surface area contributed by atoms with E-state index in [0.717, 1.165) is 39.2 Å². The van der Waals surface area contributed by atoms with Crippen LogP contribution in [0.2, 0.25) is 0 Å². The number of aromatic amines is 2. The molecule has 0 spiro atoms. The number of methoxy groups -OCH3 is 1. The van der Waals surface area contributed by atoms with Crippen molar-refractivity contribution in [2.75, 3.05) is 33.3 Å². The molecule has 2 aliphatic rings. The molecule has 2 aliphatic heterocycles. The predicted octanol–water partition coefficient (Wildman–Crippen LogP) is 7.82. The summed E-state index contributed by atoms with van der Waals surface area (Å²) in [5, 5.41) is 2.59. The van der Waals surface area contributed by atoms with Crippen molar-refractivity contribution in [1.82, 2.24) is 40.0 Å². The molecule has 3 N–H and O–H groups in total. The highest BCUT2D eigenvalue weighted by molar-refractivity contribution is 5.87. The fourth-order valence-corrected chi connectivity index (χ4v) is 8.33. The Morgan fingerprint density at radius 3 is 1.64 bits per heavy atom. The van der Waals surface area contributed by atoms with Crippen LogP contribution < -0.4 is 5.32 Å². The van der Waals surface area contributed by atoms with E-state index in [9.17, 15) is 18.8 Å². The second kappa shape index (κ2) is 17.9. The maximum atomic E-state index is 15.1. The van der Waals surface area contributed by atoms with Gasteiger partial charge in [0.2, 0.25) is 11.8 Å². The Kier molecular flexibility index (Phi) is 12.5. The van der Waals surface area contributed by atoms with Gasteiger partial charge in [0.15, 0.2) is 0 Å². The maximum absolute atomic E-state index is 15.1. The van der Waals surface area contributed by atoms with Crippen molar-refractivity contribution in [1.29, 1.82) is 0 Å². The summed E-state index contributed by atoms with van der Waals surface area (Å²) >= 11 is 0. The minimum Gasteiger partial charge on any atom is -0.453 e. The highest BCUT2D eigenvalue weighted by Crippen LogP contribution is 2.38. The van der Waals surface area contributed by atoms with E-state index >= 15 is 4.39 Å². The van der Waals surface area contributed by atoms with Crippen molar-refractivity contribution in [2.45, 2.75) is 77.0 Å². The minimum absolute atomic E-state index is 0.0232. The molecule has 2 saturated heterocycles. The molecule has 0 radical (unpaired) electrons. The van der Waals surface area contributed by atoms with E-state index in [2.05, 4.69) is 30.2 Å². The Hall–Kier alpha value is -5.89. The molecule has 14 heteroatoms. The second-order valence-electron chi connectivity index (χ2n) is 15.6. The number of hydrogen-bond acceptors (Lipinski definition) is 7. The molecular weight excluding hydrogens is 755 g/mol. The molecule has 6 atom stereocenters. The van der Waals surface area contributed by atoms with Crippen LogP contribution >= 0.6 is 0 Å². The molecule has 0 unspecified atom stereocenters. The molecule has 5 aromatic rings. The number of alkyl carbamates (subject to hydrolysis) is 1. The Labute approximate surface area is 343 Å². The van der Waals surface area contributed by atoms with E-state index in [1.165, 1.54) is 12.0 Å². The Balaban J connectivity index is 1.03. The number of ether oxygens (including phenoxy) is 1. The summed E-state index contributed by atoms with van der Waals surface area (Å²) in [6.07, 6.45) is 0.599. The lowest BCUT2D eigenvalue weighted by Crippen LogP contribution is -2.51. The van der Waals surface area contributed by atoms with Crippen LogP contribution in [0.5, 0.6) is 0 Å². The molecule has 4 heterocycles.